The van der Waals surface area contributed by atoms with Crippen molar-refractivity contribution >= 4 is 5.57 Å². The fourth-order valence-corrected chi connectivity index (χ4v) is 2.18. The van der Waals surface area contributed by atoms with E-state index in [1.54, 1.807) is 14.2 Å². The SMILES string of the molecule is C=C(C(C)=CC(=CCC)c1ccccc1)C(OC)=C(C)OC. The number of hydrogen-bond donors (Lipinski definition) is 0. The first kappa shape index (κ1) is 17.8. The molecule has 0 amide bonds. The number of methoxy groups -OCH3 is 2. The van der Waals surface area contributed by atoms with Gasteiger partial charge in [-0.25, -0.2) is 0 Å². The van der Waals surface area contributed by atoms with Crippen LogP contribution in [-0.2, 0) is 9.47 Å². The summed E-state index contributed by atoms with van der Waals surface area (Å²) in [5, 5.41) is 0. The maximum atomic E-state index is 5.43. The van der Waals surface area contributed by atoms with E-state index >= 15 is 0 Å². The largest absolute Gasteiger partial charge is 0.498 e. The minimum atomic E-state index is 0.681. The second kappa shape index (κ2) is 8.93. The molecule has 0 radical (unpaired) electrons. The lowest BCUT2D eigenvalue weighted by atomic mass is 9.98. The number of hydrogen-bond acceptors (Lipinski definition) is 2. The molecular weight excluding hydrogens is 272 g/mol. The zero-order valence-corrected chi connectivity index (χ0v) is 14.3. The Morgan fingerprint density at radius 2 is 1.73 bits per heavy atom. The smallest absolute Gasteiger partial charge is 0.162 e. The van der Waals surface area contributed by atoms with Crippen molar-refractivity contribution < 1.29 is 9.47 Å². The summed E-state index contributed by atoms with van der Waals surface area (Å²) < 4.78 is 10.7. The van der Waals surface area contributed by atoms with Gasteiger partial charge in [0.15, 0.2) is 5.76 Å². The summed E-state index contributed by atoms with van der Waals surface area (Å²) in [6.45, 7) is 10.2. The van der Waals surface area contributed by atoms with Gasteiger partial charge >= 0.3 is 0 Å². The zero-order valence-electron chi connectivity index (χ0n) is 14.3. The molecule has 1 rings (SSSR count). The topological polar surface area (TPSA) is 18.5 Å². The van der Waals surface area contributed by atoms with E-state index in [0.29, 0.717) is 5.76 Å². The highest BCUT2D eigenvalue weighted by Crippen LogP contribution is 2.25. The average molecular weight is 298 g/mol. The van der Waals surface area contributed by atoms with Crippen LogP contribution in [-0.4, -0.2) is 14.2 Å². The molecule has 1 aromatic rings. The molecule has 0 atom stereocenters. The van der Waals surface area contributed by atoms with Crippen molar-refractivity contribution in [3.63, 3.8) is 0 Å². The average Bonchev–Trinajstić information content (AvgIpc) is 2.55. The highest BCUT2D eigenvalue weighted by atomic mass is 16.5. The van der Waals surface area contributed by atoms with Crippen LogP contribution in [0.15, 0.2) is 71.7 Å². The van der Waals surface area contributed by atoms with E-state index in [4.69, 9.17) is 9.47 Å². The molecule has 0 saturated heterocycles. The Morgan fingerprint density at radius 3 is 2.23 bits per heavy atom. The first-order valence-corrected chi connectivity index (χ1v) is 7.47. The molecule has 0 N–H and O–H groups in total. The van der Waals surface area contributed by atoms with Crippen LogP contribution in [0.5, 0.6) is 0 Å². The Balaban J connectivity index is 3.17. The predicted octanol–water partition coefficient (Wildman–Crippen LogP) is 5.51. The van der Waals surface area contributed by atoms with Gasteiger partial charge in [-0.2, -0.15) is 0 Å². The van der Waals surface area contributed by atoms with Gasteiger partial charge in [0.25, 0.3) is 0 Å². The summed E-state index contributed by atoms with van der Waals surface area (Å²) in [7, 11) is 3.27. The molecule has 0 aliphatic carbocycles. The quantitative estimate of drug-likeness (QED) is 0.488. The lowest BCUT2D eigenvalue weighted by Crippen LogP contribution is -1.99. The van der Waals surface area contributed by atoms with Crippen molar-refractivity contribution in [2.45, 2.75) is 27.2 Å². The van der Waals surface area contributed by atoms with E-state index in [-0.39, 0.29) is 0 Å². The minimum Gasteiger partial charge on any atom is -0.498 e. The highest BCUT2D eigenvalue weighted by Gasteiger charge is 2.10. The molecule has 1 aromatic carbocycles. The van der Waals surface area contributed by atoms with Gasteiger partial charge in [-0.05, 0) is 37.0 Å². The molecule has 118 valence electrons. The second-order valence-corrected chi connectivity index (χ2v) is 5.03. The van der Waals surface area contributed by atoms with Gasteiger partial charge in [-0.15, -0.1) is 0 Å². The van der Waals surface area contributed by atoms with Crippen LogP contribution in [0.25, 0.3) is 5.57 Å². The van der Waals surface area contributed by atoms with Crippen LogP contribution < -0.4 is 0 Å². The van der Waals surface area contributed by atoms with E-state index in [2.05, 4.69) is 37.8 Å². The van der Waals surface area contributed by atoms with Crippen LogP contribution in [0.1, 0.15) is 32.8 Å². The molecular formula is C20H26O2. The third kappa shape index (κ3) is 4.66. The Kier molecular flexibility index (Phi) is 7.24. The number of rotatable bonds is 7. The molecule has 22 heavy (non-hydrogen) atoms. The Labute approximate surface area is 134 Å². The standard InChI is InChI=1S/C20H26O2/c1-7-11-19(18-12-9-8-10-13-18)14-15(2)16(3)20(22-6)17(4)21-5/h8-14H,3,7H2,1-2,4-6H3. The van der Waals surface area contributed by atoms with Crippen molar-refractivity contribution in [3.05, 3.63) is 77.3 Å². The molecule has 0 fully saturated rings. The first-order valence-electron chi connectivity index (χ1n) is 7.47. The van der Waals surface area contributed by atoms with Crippen LogP contribution in [0, 0.1) is 0 Å². The fourth-order valence-electron chi connectivity index (χ4n) is 2.18. The molecule has 0 aromatic heterocycles. The molecule has 0 spiro atoms. The van der Waals surface area contributed by atoms with Crippen molar-refractivity contribution in [1.82, 2.24) is 0 Å². The summed E-state index contributed by atoms with van der Waals surface area (Å²) in [4.78, 5) is 0. The summed E-state index contributed by atoms with van der Waals surface area (Å²) in [5.74, 6) is 1.40. The highest BCUT2D eigenvalue weighted by molar-refractivity contribution is 5.75. The van der Waals surface area contributed by atoms with E-state index in [0.717, 1.165) is 23.3 Å². The van der Waals surface area contributed by atoms with Gasteiger partial charge in [0.1, 0.15) is 5.76 Å². The molecule has 0 bridgehead atoms. The van der Waals surface area contributed by atoms with Gasteiger partial charge in [0.05, 0.1) is 14.2 Å². The molecule has 2 nitrogen and oxygen atoms in total. The minimum absolute atomic E-state index is 0.681. The van der Waals surface area contributed by atoms with Gasteiger partial charge in [-0.1, -0.05) is 56.0 Å². The molecule has 0 heterocycles. The van der Waals surface area contributed by atoms with Gasteiger partial charge in [0.2, 0.25) is 0 Å². The van der Waals surface area contributed by atoms with Gasteiger partial charge < -0.3 is 9.47 Å². The van der Waals surface area contributed by atoms with Crippen LogP contribution in [0.2, 0.25) is 0 Å². The zero-order chi connectivity index (χ0) is 16.5. The van der Waals surface area contributed by atoms with Gasteiger partial charge in [0, 0.05) is 5.57 Å². The monoisotopic (exact) mass is 298 g/mol. The summed E-state index contributed by atoms with van der Waals surface area (Å²) in [6, 6.07) is 10.3. The number of allylic oxidation sites excluding steroid dienone is 5. The van der Waals surface area contributed by atoms with E-state index in [9.17, 15) is 0 Å². The van der Waals surface area contributed by atoms with Crippen LogP contribution >= 0.6 is 0 Å². The normalized spacial score (nSPS) is 13.5. The third-order valence-electron chi connectivity index (χ3n) is 3.48. The Hall–Kier alpha value is -2.22. The summed E-state index contributed by atoms with van der Waals surface area (Å²) >= 11 is 0. The number of benzene rings is 1. The van der Waals surface area contributed by atoms with Crippen molar-refractivity contribution in [1.29, 1.82) is 0 Å². The van der Waals surface area contributed by atoms with E-state index < -0.39 is 0 Å². The summed E-state index contributed by atoms with van der Waals surface area (Å²) in [6.07, 6.45) is 5.33. The molecule has 0 aliphatic heterocycles. The fraction of sp³-hybridized carbons (Fsp3) is 0.300. The lowest BCUT2D eigenvalue weighted by molar-refractivity contribution is 0.229. The molecule has 0 unspecified atom stereocenters. The summed E-state index contributed by atoms with van der Waals surface area (Å²) in [5.41, 5.74) is 4.27. The molecule has 0 aliphatic rings. The second-order valence-electron chi connectivity index (χ2n) is 5.03. The molecule has 0 saturated carbocycles. The third-order valence-corrected chi connectivity index (χ3v) is 3.48. The Morgan fingerprint density at radius 1 is 1.09 bits per heavy atom. The predicted molar refractivity (Wildman–Crippen MR) is 94.3 cm³/mol. The lowest BCUT2D eigenvalue weighted by Gasteiger charge is -2.14. The van der Waals surface area contributed by atoms with E-state index in [1.165, 1.54) is 11.1 Å². The maximum absolute atomic E-state index is 5.43. The van der Waals surface area contributed by atoms with Crippen molar-refractivity contribution in [3.8, 4) is 0 Å². The number of ether oxygens (including phenoxy) is 2. The van der Waals surface area contributed by atoms with Crippen molar-refractivity contribution in [2.75, 3.05) is 14.2 Å². The maximum Gasteiger partial charge on any atom is 0.162 e. The Bertz CT molecular complexity index is 589. The van der Waals surface area contributed by atoms with Gasteiger partial charge in [-0.3, -0.25) is 0 Å². The molecule has 2 heteroatoms. The van der Waals surface area contributed by atoms with Crippen LogP contribution in [0.4, 0.5) is 0 Å². The van der Waals surface area contributed by atoms with Crippen LogP contribution in [0.3, 0.4) is 0 Å². The van der Waals surface area contributed by atoms with Crippen molar-refractivity contribution in [2.24, 2.45) is 0 Å². The van der Waals surface area contributed by atoms with E-state index in [1.807, 2.05) is 32.0 Å². The first-order chi connectivity index (χ1) is 10.5.